The van der Waals surface area contributed by atoms with E-state index in [9.17, 15) is 4.79 Å². The van der Waals surface area contributed by atoms with Crippen molar-refractivity contribution in [1.29, 1.82) is 0 Å². The molecule has 2 aromatic heterocycles. The first-order valence-corrected chi connectivity index (χ1v) is 9.55. The quantitative estimate of drug-likeness (QED) is 0.919. The number of aryl methyl sites for hydroxylation is 2. The summed E-state index contributed by atoms with van der Waals surface area (Å²) in [7, 11) is 0. The van der Waals surface area contributed by atoms with Crippen molar-refractivity contribution in [3.05, 3.63) is 34.0 Å². The number of hydrogen-bond donors (Lipinski definition) is 1. The maximum absolute atomic E-state index is 12.7. The summed E-state index contributed by atoms with van der Waals surface area (Å²) in [6.45, 7) is 4.02. The van der Waals surface area contributed by atoms with Crippen LogP contribution in [0.1, 0.15) is 41.8 Å². The van der Waals surface area contributed by atoms with E-state index < -0.39 is 0 Å². The summed E-state index contributed by atoms with van der Waals surface area (Å²) in [5.41, 5.74) is 0. The third-order valence-electron chi connectivity index (χ3n) is 4.95. The van der Waals surface area contributed by atoms with Gasteiger partial charge >= 0.3 is 0 Å². The van der Waals surface area contributed by atoms with Gasteiger partial charge in [0.2, 0.25) is 5.91 Å². The Morgan fingerprint density at radius 3 is 3.21 bits per heavy atom. The van der Waals surface area contributed by atoms with E-state index in [0.717, 1.165) is 50.4 Å². The molecule has 0 aliphatic carbocycles. The van der Waals surface area contributed by atoms with Crippen molar-refractivity contribution in [2.45, 2.75) is 51.2 Å². The van der Waals surface area contributed by atoms with E-state index in [1.54, 1.807) is 11.3 Å². The lowest BCUT2D eigenvalue weighted by atomic mass is 10.1. The van der Waals surface area contributed by atoms with Crippen LogP contribution in [0.25, 0.3) is 0 Å². The molecule has 0 spiro atoms. The maximum Gasteiger partial charge on any atom is 0.237 e. The van der Waals surface area contributed by atoms with Crippen molar-refractivity contribution < 1.29 is 4.79 Å². The van der Waals surface area contributed by atoms with Crippen LogP contribution in [0.4, 0.5) is 0 Å². The zero-order valence-electron chi connectivity index (χ0n) is 13.9. The fourth-order valence-corrected chi connectivity index (χ4v) is 4.65. The number of nitrogens with zero attached hydrogens (tertiary/aromatic N) is 4. The highest BCUT2D eigenvalue weighted by molar-refractivity contribution is 7.10. The van der Waals surface area contributed by atoms with E-state index >= 15 is 0 Å². The number of nitrogens with one attached hydrogen (secondary N) is 1. The first-order valence-electron chi connectivity index (χ1n) is 8.67. The van der Waals surface area contributed by atoms with Crippen LogP contribution >= 0.6 is 11.3 Å². The first-order chi connectivity index (χ1) is 11.7. The van der Waals surface area contributed by atoms with Crippen LogP contribution in [0, 0.1) is 6.92 Å². The lowest BCUT2D eigenvalue weighted by Crippen LogP contribution is -2.44. The number of aromatic nitrogens is 3. The number of amides is 1. The SMILES string of the molecule is Cc1nc2n(n1)C[C@@H](NCC(=O)N1CCC[C@@H]1c1cccs1)CC2. The normalized spacial score (nSPS) is 23.5. The molecular formula is C17H23N5OS. The molecule has 1 N–H and O–H groups in total. The summed E-state index contributed by atoms with van der Waals surface area (Å²) in [5, 5.41) is 9.95. The van der Waals surface area contributed by atoms with Crippen LogP contribution in [0.5, 0.6) is 0 Å². The van der Waals surface area contributed by atoms with Crippen molar-refractivity contribution in [3.8, 4) is 0 Å². The summed E-state index contributed by atoms with van der Waals surface area (Å²) >= 11 is 1.75. The van der Waals surface area contributed by atoms with Gasteiger partial charge in [-0.1, -0.05) is 6.07 Å². The predicted molar refractivity (Wildman–Crippen MR) is 92.9 cm³/mol. The summed E-state index contributed by atoms with van der Waals surface area (Å²) in [4.78, 5) is 20.5. The molecule has 0 bridgehead atoms. The van der Waals surface area contributed by atoms with E-state index in [-0.39, 0.29) is 11.9 Å². The van der Waals surface area contributed by atoms with Crippen LogP contribution in [0.2, 0.25) is 0 Å². The van der Waals surface area contributed by atoms with Gasteiger partial charge in [0.25, 0.3) is 0 Å². The highest BCUT2D eigenvalue weighted by Crippen LogP contribution is 2.34. The number of thiophene rings is 1. The Labute approximate surface area is 145 Å². The Bertz CT molecular complexity index is 711. The first kappa shape index (κ1) is 15.8. The maximum atomic E-state index is 12.7. The molecule has 0 radical (unpaired) electrons. The van der Waals surface area contributed by atoms with Gasteiger partial charge in [0, 0.05) is 23.9 Å². The van der Waals surface area contributed by atoms with Gasteiger partial charge in [0.15, 0.2) is 0 Å². The largest absolute Gasteiger partial charge is 0.334 e. The van der Waals surface area contributed by atoms with Gasteiger partial charge in [-0.25, -0.2) is 9.67 Å². The van der Waals surface area contributed by atoms with Gasteiger partial charge < -0.3 is 10.2 Å². The fraction of sp³-hybridized carbons (Fsp3) is 0.588. The van der Waals surface area contributed by atoms with Crippen molar-refractivity contribution in [2.75, 3.05) is 13.1 Å². The van der Waals surface area contributed by atoms with Crippen LogP contribution in [0.15, 0.2) is 17.5 Å². The zero-order chi connectivity index (χ0) is 16.5. The third kappa shape index (κ3) is 3.10. The highest BCUT2D eigenvalue weighted by Gasteiger charge is 2.31. The van der Waals surface area contributed by atoms with Crippen LogP contribution in [0.3, 0.4) is 0 Å². The molecule has 128 valence electrons. The van der Waals surface area contributed by atoms with E-state index in [4.69, 9.17) is 0 Å². The van der Waals surface area contributed by atoms with Crippen LogP contribution < -0.4 is 5.32 Å². The number of rotatable bonds is 4. The second kappa shape index (κ2) is 6.64. The Hall–Kier alpha value is -1.73. The van der Waals surface area contributed by atoms with E-state index in [2.05, 4.69) is 32.9 Å². The van der Waals surface area contributed by atoms with Crippen LogP contribution in [-0.4, -0.2) is 44.7 Å². The molecule has 24 heavy (non-hydrogen) atoms. The molecule has 1 fully saturated rings. The summed E-state index contributed by atoms with van der Waals surface area (Å²) in [6.07, 6.45) is 4.12. The predicted octanol–water partition coefficient (Wildman–Crippen LogP) is 1.92. The van der Waals surface area contributed by atoms with Gasteiger partial charge in [-0.15, -0.1) is 11.3 Å². The molecule has 2 aromatic rings. The molecule has 0 aromatic carbocycles. The molecule has 2 aliphatic heterocycles. The topological polar surface area (TPSA) is 63.1 Å². The lowest BCUT2D eigenvalue weighted by molar-refractivity contribution is -0.131. The summed E-state index contributed by atoms with van der Waals surface area (Å²) in [5.74, 6) is 2.11. The summed E-state index contributed by atoms with van der Waals surface area (Å²) < 4.78 is 1.98. The number of carbonyl (C=O) groups excluding carboxylic acids is 1. The second-order valence-electron chi connectivity index (χ2n) is 6.63. The van der Waals surface area contributed by atoms with Crippen molar-refractivity contribution in [1.82, 2.24) is 25.0 Å². The molecule has 1 saturated heterocycles. The molecule has 1 amide bonds. The Kier molecular flexibility index (Phi) is 4.37. The average molecular weight is 345 g/mol. The average Bonchev–Trinajstić information content (AvgIpc) is 3.30. The molecule has 2 aliphatic rings. The van der Waals surface area contributed by atoms with Gasteiger partial charge in [0.1, 0.15) is 11.6 Å². The smallest absolute Gasteiger partial charge is 0.237 e. The van der Waals surface area contributed by atoms with Gasteiger partial charge in [-0.05, 0) is 37.6 Å². The minimum atomic E-state index is 0.214. The van der Waals surface area contributed by atoms with Gasteiger partial charge in [-0.3, -0.25) is 4.79 Å². The fourth-order valence-electron chi connectivity index (χ4n) is 3.78. The van der Waals surface area contributed by atoms with Crippen LogP contribution in [-0.2, 0) is 17.8 Å². The molecular weight excluding hydrogens is 322 g/mol. The molecule has 2 atom stereocenters. The molecule has 4 heterocycles. The van der Waals surface area contributed by atoms with E-state index in [1.165, 1.54) is 4.88 Å². The van der Waals surface area contributed by atoms with Crippen molar-refractivity contribution in [3.63, 3.8) is 0 Å². The second-order valence-corrected chi connectivity index (χ2v) is 7.61. The van der Waals surface area contributed by atoms with Crippen molar-refractivity contribution in [2.24, 2.45) is 0 Å². The van der Waals surface area contributed by atoms with Gasteiger partial charge in [0.05, 0.1) is 19.1 Å². The Morgan fingerprint density at radius 2 is 2.38 bits per heavy atom. The zero-order valence-corrected chi connectivity index (χ0v) is 14.8. The molecule has 0 saturated carbocycles. The third-order valence-corrected chi connectivity index (χ3v) is 5.92. The minimum absolute atomic E-state index is 0.214. The number of fused-ring (bicyclic) bond motifs is 1. The monoisotopic (exact) mass is 345 g/mol. The van der Waals surface area contributed by atoms with Gasteiger partial charge in [-0.2, -0.15) is 5.10 Å². The Balaban J connectivity index is 1.34. The summed E-state index contributed by atoms with van der Waals surface area (Å²) in [6, 6.07) is 4.78. The molecule has 6 nitrogen and oxygen atoms in total. The standard InChI is InChI=1S/C17H23N5OS/c1-12-19-16-7-6-13(11-22(16)20-12)18-10-17(23)21-8-2-4-14(21)15-5-3-9-24-15/h3,5,9,13-14,18H,2,4,6-8,10-11H2,1H3/t13-,14+/m0/s1. The van der Waals surface area contributed by atoms with E-state index in [0.29, 0.717) is 12.6 Å². The number of likely N-dealkylation sites (tertiary alicyclic amines) is 1. The van der Waals surface area contributed by atoms with Crippen molar-refractivity contribution >= 4 is 17.2 Å². The molecule has 7 heteroatoms. The minimum Gasteiger partial charge on any atom is -0.334 e. The van der Waals surface area contributed by atoms with E-state index in [1.807, 2.05) is 16.5 Å². The Morgan fingerprint density at radius 1 is 1.46 bits per heavy atom. The highest BCUT2D eigenvalue weighted by atomic mass is 32.1. The molecule has 0 unspecified atom stereocenters. The number of carbonyl (C=O) groups is 1. The number of hydrogen-bond acceptors (Lipinski definition) is 5. The lowest BCUT2D eigenvalue weighted by Gasteiger charge is -2.27. The molecule has 4 rings (SSSR count).